The lowest BCUT2D eigenvalue weighted by atomic mass is 10.2. The van der Waals surface area contributed by atoms with E-state index >= 15 is 0 Å². The van der Waals surface area contributed by atoms with E-state index in [1.165, 1.54) is 29.5 Å². The molecule has 6 nitrogen and oxygen atoms in total. The number of aromatic nitrogens is 1. The lowest BCUT2D eigenvalue weighted by Gasteiger charge is -2.04. The van der Waals surface area contributed by atoms with Gasteiger partial charge in [-0.05, 0) is 18.6 Å². The Hall–Kier alpha value is -1.99. The number of thiazole rings is 1. The van der Waals surface area contributed by atoms with Crippen LogP contribution in [0.5, 0.6) is 0 Å². The Morgan fingerprint density at radius 3 is 2.86 bits per heavy atom. The van der Waals surface area contributed by atoms with E-state index in [4.69, 9.17) is 11.6 Å². The van der Waals surface area contributed by atoms with Crippen LogP contribution in [-0.4, -0.2) is 15.8 Å². The summed E-state index contributed by atoms with van der Waals surface area (Å²) in [5, 5.41) is 14.1. The van der Waals surface area contributed by atoms with Gasteiger partial charge in [-0.2, -0.15) is 0 Å². The van der Waals surface area contributed by atoms with Gasteiger partial charge in [-0.3, -0.25) is 14.9 Å². The molecule has 0 aliphatic carbocycles. The van der Waals surface area contributed by atoms with Gasteiger partial charge in [0.25, 0.3) is 11.6 Å². The first-order chi connectivity index (χ1) is 10.0. The number of aryl methyl sites for hydroxylation is 1. The van der Waals surface area contributed by atoms with Crippen LogP contribution in [0.4, 0.5) is 5.69 Å². The van der Waals surface area contributed by atoms with E-state index < -0.39 is 4.92 Å². The fraction of sp³-hybridized carbons (Fsp3) is 0.231. The number of hydrogen-bond donors (Lipinski definition) is 1. The fourth-order valence-corrected chi connectivity index (χ4v) is 2.70. The standard InChI is InChI=1S/C13H12ClN3O3S/c1-2-9-6-15-12(21-9)7-16-13(18)8-3-4-11(17(19)20)10(14)5-8/h3-6H,2,7H2,1H3,(H,16,18). The van der Waals surface area contributed by atoms with Gasteiger partial charge in [-0.15, -0.1) is 11.3 Å². The van der Waals surface area contributed by atoms with Crippen molar-refractivity contribution in [1.29, 1.82) is 0 Å². The van der Waals surface area contributed by atoms with Gasteiger partial charge < -0.3 is 5.32 Å². The molecule has 2 aromatic rings. The summed E-state index contributed by atoms with van der Waals surface area (Å²) in [5.41, 5.74) is 0.0543. The largest absolute Gasteiger partial charge is 0.346 e. The first-order valence-corrected chi connectivity index (χ1v) is 7.36. The second-order valence-electron chi connectivity index (χ2n) is 4.18. The van der Waals surface area contributed by atoms with Gasteiger partial charge in [0.15, 0.2) is 0 Å². The van der Waals surface area contributed by atoms with Crippen molar-refractivity contribution in [2.75, 3.05) is 0 Å². The number of hydrogen-bond acceptors (Lipinski definition) is 5. The minimum Gasteiger partial charge on any atom is -0.346 e. The highest BCUT2D eigenvalue weighted by Gasteiger charge is 2.15. The Kier molecular flexibility index (Phi) is 4.87. The Labute approximate surface area is 129 Å². The van der Waals surface area contributed by atoms with Gasteiger partial charge in [0.1, 0.15) is 10.0 Å². The molecule has 0 fully saturated rings. The van der Waals surface area contributed by atoms with Crippen molar-refractivity contribution >= 4 is 34.5 Å². The molecule has 0 radical (unpaired) electrons. The molecule has 8 heteroatoms. The molecule has 0 aliphatic rings. The molecule has 1 amide bonds. The molecular formula is C13H12ClN3O3S. The van der Waals surface area contributed by atoms with Crippen LogP contribution in [0.2, 0.25) is 5.02 Å². The van der Waals surface area contributed by atoms with Crippen LogP contribution in [0, 0.1) is 10.1 Å². The van der Waals surface area contributed by atoms with Crippen LogP contribution in [-0.2, 0) is 13.0 Å². The number of nitro groups is 1. The quantitative estimate of drug-likeness (QED) is 0.675. The van der Waals surface area contributed by atoms with Crippen molar-refractivity contribution in [1.82, 2.24) is 10.3 Å². The predicted octanol–water partition coefficient (Wildman–Crippen LogP) is 3.20. The molecule has 21 heavy (non-hydrogen) atoms. The van der Waals surface area contributed by atoms with Crippen LogP contribution < -0.4 is 5.32 Å². The third kappa shape index (κ3) is 3.77. The third-order valence-electron chi connectivity index (χ3n) is 2.76. The van der Waals surface area contributed by atoms with E-state index in [0.29, 0.717) is 6.54 Å². The number of nitro benzene ring substituents is 1. The summed E-state index contributed by atoms with van der Waals surface area (Å²) in [6, 6.07) is 3.88. The smallest absolute Gasteiger partial charge is 0.287 e. The molecule has 110 valence electrons. The van der Waals surface area contributed by atoms with Crippen LogP contribution >= 0.6 is 22.9 Å². The number of carbonyl (C=O) groups is 1. The third-order valence-corrected chi connectivity index (χ3v) is 4.20. The summed E-state index contributed by atoms with van der Waals surface area (Å²) in [5.74, 6) is -0.347. The normalized spacial score (nSPS) is 10.4. The van der Waals surface area contributed by atoms with Gasteiger partial charge in [-0.1, -0.05) is 18.5 Å². The number of rotatable bonds is 5. The van der Waals surface area contributed by atoms with Crippen molar-refractivity contribution in [3.63, 3.8) is 0 Å². The van der Waals surface area contributed by atoms with E-state index in [9.17, 15) is 14.9 Å². The average Bonchev–Trinajstić information content (AvgIpc) is 2.92. The Morgan fingerprint density at radius 2 is 2.29 bits per heavy atom. The van der Waals surface area contributed by atoms with E-state index in [-0.39, 0.29) is 22.2 Å². The second kappa shape index (κ2) is 6.64. The predicted molar refractivity (Wildman–Crippen MR) is 80.8 cm³/mol. The summed E-state index contributed by atoms with van der Waals surface area (Å²) in [6.07, 6.45) is 2.69. The summed E-state index contributed by atoms with van der Waals surface area (Å²) < 4.78 is 0. The van der Waals surface area contributed by atoms with Crippen LogP contribution in [0.25, 0.3) is 0 Å². The molecule has 1 aromatic heterocycles. The van der Waals surface area contributed by atoms with E-state index in [1.54, 1.807) is 6.20 Å². The molecule has 1 aromatic carbocycles. The highest BCUT2D eigenvalue weighted by Crippen LogP contribution is 2.25. The monoisotopic (exact) mass is 325 g/mol. The minimum absolute atomic E-state index is 0.0600. The average molecular weight is 326 g/mol. The van der Waals surface area contributed by atoms with Crippen molar-refractivity contribution in [2.24, 2.45) is 0 Å². The van der Waals surface area contributed by atoms with Gasteiger partial charge >= 0.3 is 0 Å². The minimum atomic E-state index is -0.591. The zero-order valence-electron chi connectivity index (χ0n) is 11.1. The lowest BCUT2D eigenvalue weighted by Crippen LogP contribution is -2.22. The zero-order chi connectivity index (χ0) is 15.4. The van der Waals surface area contributed by atoms with Crippen molar-refractivity contribution in [3.05, 3.63) is 55.0 Å². The van der Waals surface area contributed by atoms with Gasteiger partial charge in [-0.25, -0.2) is 4.98 Å². The molecule has 0 unspecified atom stereocenters. The first-order valence-electron chi connectivity index (χ1n) is 6.17. The van der Waals surface area contributed by atoms with Crippen molar-refractivity contribution < 1.29 is 9.72 Å². The maximum absolute atomic E-state index is 12.0. The van der Waals surface area contributed by atoms with Crippen molar-refractivity contribution in [2.45, 2.75) is 19.9 Å². The molecule has 0 saturated carbocycles. The summed E-state index contributed by atoms with van der Waals surface area (Å²) in [7, 11) is 0. The van der Waals surface area contributed by atoms with Crippen LogP contribution in [0.3, 0.4) is 0 Å². The molecule has 0 aliphatic heterocycles. The Morgan fingerprint density at radius 1 is 1.52 bits per heavy atom. The highest BCUT2D eigenvalue weighted by molar-refractivity contribution is 7.11. The van der Waals surface area contributed by atoms with Crippen molar-refractivity contribution in [3.8, 4) is 0 Å². The van der Waals surface area contributed by atoms with E-state index in [1.807, 2.05) is 6.92 Å². The lowest BCUT2D eigenvalue weighted by molar-refractivity contribution is -0.384. The first kappa shape index (κ1) is 15.4. The van der Waals surface area contributed by atoms with E-state index in [0.717, 1.165) is 16.3 Å². The number of benzene rings is 1. The second-order valence-corrected chi connectivity index (χ2v) is 5.79. The molecule has 0 atom stereocenters. The topological polar surface area (TPSA) is 85.1 Å². The SMILES string of the molecule is CCc1cnc(CNC(=O)c2ccc([N+](=O)[O-])c(Cl)c2)s1. The van der Waals surface area contributed by atoms with E-state index in [2.05, 4.69) is 10.3 Å². The number of carbonyl (C=O) groups excluding carboxylic acids is 1. The molecule has 2 rings (SSSR count). The summed E-state index contributed by atoms with van der Waals surface area (Å²) in [6.45, 7) is 2.35. The maximum Gasteiger partial charge on any atom is 0.287 e. The van der Waals surface area contributed by atoms with Gasteiger partial charge in [0, 0.05) is 22.7 Å². The van der Waals surface area contributed by atoms with Gasteiger partial charge in [0.05, 0.1) is 11.5 Å². The number of halogens is 1. The summed E-state index contributed by atoms with van der Waals surface area (Å²) >= 11 is 7.31. The number of amides is 1. The molecular weight excluding hydrogens is 314 g/mol. The van der Waals surface area contributed by atoms with Gasteiger partial charge in [0.2, 0.25) is 0 Å². The maximum atomic E-state index is 12.0. The molecule has 0 spiro atoms. The molecule has 0 saturated heterocycles. The number of nitrogens with one attached hydrogen (secondary N) is 1. The summed E-state index contributed by atoms with van der Waals surface area (Å²) in [4.78, 5) is 27.4. The van der Waals surface area contributed by atoms with Crippen LogP contribution in [0.15, 0.2) is 24.4 Å². The molecule has 1 N–H and O–H groups in total. The Bertz CT molecular complexity index is 687. The molecule has 0 bridgehead atoms. The highest BCUT2D eigenvalue weighted by atomic mass is 35.5. The fourth-order valence-electron chi connectivity index (χ4n) is 1.65. The zero-order valence-corrected chi connectivity index (χ0v) is 12.7. The number of nitrogens with zero attached hydrogens (tertiary/aromatic N) is 2. The molecule has 1 heterocycles. The van der Waals surface area contributed by atoms with Crippen LogP contribution in [0.1, 0.15) is 27.2 Å². The Balaban J connectivity index is 2.03.